The lowest BCUT2D eigenvalue weighted by Crippen LogP contribution is -2.27. The van der Waals surface area contributed by atoms with Crippen molar-refractivity contribution in [2.45, 2.75) is 4.90 Å². The average molecular weight is 418 g/mol. The molecule has 0 aliphatic heterocycles. The van der Waals surface area contributed by atoms with Gasteiger partial charge in [0.25, 0.3) is 15.9 Å². The minimum absolute atomic E-state index is 0.0737. The third-order valence-electron chi connectivity index (χ3n) is 3.78. The van der Waals surface area contributed by atoms with Gasteiger partial charge in [0.15, 0.2) is 6.61 Å². The Morgan fingerprint density at radius 1 is 1.03 bits per heavy atom. The van der Waals surface area contributed by atoms with E-state index in [0.29, 0.717) is 17.0 Å². The number of nitrogens with zero attached hydrogens (tertiary/aromatic N) is 1. The van der Waals surface area contributed by atoms with Crippen LogP contribution in [0.2, 0.25) is 0 Å². The third-order valence-corrected chi connectivity index (χ3v) is 5.18. The van der Waals surface area contributed by atoms with Gasteiger partial charge in [-0.15, -0.1) is 0 Å². The van der Waals surface area contributed by atoms with E-state index >= 15 is 0 Å². The number of likely N-dealkylation sites (N-methyl/N-ethyl adjacent to an activating group) is 1. The van der Waals surface area contributed by atoms with Crippen LogP contribution < -0.4 is 9.46 Å². The number of sulfonamides is 1. The highest BCUT2D eigenvalue weighted by Crippen LogP contribution is 2.19. The molecule has 0 bridgehead atoms. The minimum Gasteiger partial charge on any atom is -0.497 e. The van der Waals surface area contributed by atoms with Crippen molar-refractivity contribution >= 4 is 33.7 Å². The van der Waals surface area contributed by atoms with E-state index in [1.54, 1.807) is 50.5 Å². The van der Waals surface area contributed by atoms with Crippen molar-refractivity contribution in [3.63, 3.8) is 0 Å². The fraction of sp³-hybridized carbons (Fsp3) is 0.200. The van der Waals surface area contributed by atoms with Gasteiger partial charge in [-0.25, -0.2) is 13.2 Å². The molecular formula is C20H22N2O6S. The summed E-state index contributed by atoms with van der Waals surface area (Å²) >= 11 is 0. The number of rotatable bonds is 8. The highest BCUT2D eigenvalue weighted by atomic mass is 32.2. The van der Waals surface area contributed by atoms with Crippen LogP contribution in [0.3, 0.4) is 0 Å². The second kappa shape index (κ2) is 9.74. The highest BCUT2D eigenvalue weighted by Gasteiger charge is 2.14. The monoisotopic (exact) mass is 418 g/mol. The predicted octanol–water partition coefficient (Wildman–Crippen LogP) is 2.14. The van der Waals surface area contributed by atoms with Gasteiger partial charge in [-0.1, -0.05) is 12.1 Å². The first-order chi connectivity index (χ1) is 13.7. The number of carbonyl (C=O) groups excluding carboxylic acids is 2. The topological polar surface area (TPSA) is 102 Å². The van der Waals surface area contributed by atoms with Crippen LogP contribution in [0.25, 0.3) is 6.08 Å². The van der Waals surface area contributed by atoms with Crippen LogP contribution in [0, 0.1) is 0 Å². The van der Waals surface area contributed by atoms with Crippen molar-refractivity contribution in [2.24, 2.45) is 0 Å². The molecule has 0 unspecified atom stereocenters. The van der Waals surface area contributed by atoms with Crippen molar-refractivity contribution in [1.29, 1.82) is 0 Å². The zero-order valence-electron chi connectivity index (χ0n) is 16.3. The number of anilines is 1. The molecule has 0 fully saturated rings. The summed E-state index contributed by atoms with van der Waals surface area (Å²) < 4.78 is 37.3. The lowest BCUT2D eigenvalue weighted by atomic mass is 10.2. The number of benzene rings is 2. The zero-order chi connectivity index (χ0) is 21.4. The molecule has 0 saturated carbocycles. The van der Waals surface area contributed by atoms with Gasteiger partial charge in [-0.3, -0.25) is 9.52 Å². The Bertz CT molecular complexity index is 981. The van der Waals surface area contributed by atoms with Crippen molar-refractivity contribution in [1.82, 2.24) is 4.90 Å². The van der Waals surface area contributed by atoms with Gasteiger partial charge in [0, 0.05) is 25.9 Å². The quantitative estimate of drug-likeness (QED) is 0.521. The summed E-state index contributed by atoms with van der Waals surface area (Å²) in [6, 6.07) is 12.4. The average Bonchev–Trinajstić information content (AvgIpc) is 2.71. The molecular weight excluding hydrogens is 396 g/mol. The summed E-state index contributed by atoms with van der Waals surface area (Å²) in [5.74, 6) is -0.377. The van der Waals surface area contributed by atoms with Crippen molar-refractivity contribution in [3.8, 4) is 5.75 Å². The molecule has 0 spiro atoms. The summed E-state index contributed by atoms with van der Waals surface area (Å²) in [4.78, 5) is 24.4. The molecule has 0 aromatic heterocycles. The molecule has 1 N–H and O–H groups in total. The van der Waals surface area contributed by atoms with Gasteiger partial charge in [-0.05, 0) is 48.0 Å². The molecule has 0 aliphatic carbocycles. The van der Waals surface area contributed by atoms with Crippen LogP contribution in [0.5, 0.6) is 5.75 Å². The molecule has 0 atom stereocenters. The lowest BCUT2D eigenvalue weighted by molar-refractivity contribution is -0.146. The van der Waals surface area contributed by atoms with E-state index in [1.165, 1.54) is 36.3 Å². The first-order valence-electron chi connectivity index (χ1n) is 8.53. The highest BCUT2D eigenvalue weighted by molar-refractivity contribution is 7.92. The lowest BCUT2D eigenvalue weighted by Gasteiger charge is -2.09. The number of nitrogens with one attached hydrogen (secondary N) is 1. The fourth-order valence-electron chi connectivity index (χ4n) is 2.11. The van der Waals surface area contributed by atoms with E-state index in [2.05, 4.69) is 4.72 Å². The Morgan fingerprint density at radius 2 is 1.66 bits per heavy atom. The standard InChI is InChI=1S/C20H22N2O6S/c1-22(2)19(23)14-28-20(24)13-6-15-4-11-18(12-5-15)29(25,26)21-16-7-9-17(27-3)10-8-16/h4-13,21H,14H2,1-3H3/b13-6+. The Hall–Kier alpha value is -3.33. The predicted molar refractivity (Wildman–Crippen MR) is 109 cm³/mol. The molecule has 0 heterocycles. The van der Waals surface area contributed by atoms with Crippen LogP contribution >= 0.6 is 0 Å². The van der Waals surface area contributed by atoms with E-state index in [-0.39, 0.29) is 17.4 Å². The normalized spacial score (nSPS) is 11.1. The number of hydrogen-bond acceptors (Lipinski definition) is 6. The number of amides is 1. The Balaban J connectivity index is 1.99. The summed E-state index contributed by atoms with van der Waals surface area (Å²) in [6.45, 7) is -0.343. The Labute approximate surface area is 169 Å². The molecule has 2 rings (SSSR count). The second-order valence-corrected chi connectivity index (χ2v) is 7.81. The molecule has 2 aromatic carbocycles. The number of methoxy groups -OCH3 is 1. The maximum absolute atomic E-state index is 12.5. The Morgan fingerprint density at radius 3 is 2.21 bits per heavy atom. The number of carbonyl (C=O) groups is 2. The van der Waals surface area contributed by atoms with Crippen LogP contribution in [0.1, 0.15) is 5.56 Å². The molecule has 29 heavy (non-hydrogen) atoms. The molecule has 1 amide bonds. The van der Waals surface area contributed by atoms with E-state index in [1.807, 2.05) is 0 Å². The number of ether oxygens (including phenoxy) is 2. The maximum Gasteiger partial charge on any atom is 0.331 e. The summed E-state index contributed by atoms with van der Waals surface area (Å²) in [5, 5.41) is 0. The maximum atomic E-state index is 12.5. The van der Waals surface area contributed by atoms with Gasteiger partial charge >= 0.3 is 5.97 Å². The van der Waals surface area contributed by atoms with E-state index in [4.69, 9.17) is 9.47 Å². The van der Waals surface area contributed by atoms with E-state index in [9.17, 15) is 18.0 Å². The summed E-state index contributed by atoms with van der Waals surface area (Å²) in [6.07, 6.45) is 2.64. The number of hydrogen-bond donors (Lipinski definition) is 1. The number of esters is 1. The van der Waals surface area contributed by atoms with Gasteiger partial charge in [0.05, 0.1) is 12.0 Å². The van der Waals surface area contributed by atoms with Gasteiger partial charge in [0.2, 0.25) is 0 Å². The van der Waals surface area contributed by atoms with Crippen LogP contribution in [0.4, 0.5) is 5.69 Å². The van der Waals surface area contributed by atoms with E-state index in [0.717, 1.165) is 0 Å². The minimum atomic E-state index is -3.76. The Kier molecular flexibility index (Phi) is 7.38. The third kappa shape index (κ3) is 6.65. The van der Waals surface area contributed by atoms with Crippen molar-refractivity contribution in [2.75, 3.05) is 32.5 Å². The summed E-state index contributed by atoms with van der Waals surface area (Å²) in [7, 11) is 0.891. The van der Waals surface area contributed by atoms with E-state index < -0.39 is 16.0 Å². The van der Waals surface area contributed by atoms with Crippen LogP contribution in [-0.2, 0) is 24.3 Å². The van der Waals surface area contributed by atoms with Crippen LogP contribution in [0.15, 0.2) is 59.5 Å². The molecule has 9 heteroatoms. The summed E-state index contributed by atoms with van der Waals surface area (Å²) in [5.41, 5.74) is 1.01. The van der Waals surface area contributed by atoms with Gasteiger partial charge < -0.3 is 14.4 Å². The van der Waals surface area contributed by atoms with Crippen LogP contribution in [-0.4, -0.2) is 53.0 Å². The SMILES string of the molecule is COc1ccc(NS(=O)(=O)c2ccc(/C=C/C(=O)OCC(=O)N(C)C)cc2)cc1. The van der Waals surface area contributed by atoms with Crippen molar-refractivity contribution in [3.05, 3.63) is 60.2 Å². The molecule has 8 nitrogen and oxygen atoms in total. The first kappa shape index (κ1) is 22.0. The van der Waals surface area contributed by atoms with Gasteiger partial charge in [0.1, 0.15) is 5.75 Å². The van der Waals surface area contributed by atoms with Gasteiger partial charge in [-0.2, -0.15) is 0 Å². The molecule has 154 valence electrons. The molecule has 0 aliphatic rings. The molecule has 0 radical (unpaired) electrons. The van der Waals surface area contributed by atoms with Crippen molar-refractivity contribution < 1.29 is 27.5 Å². The largest absolute Gasteiger partial charge is 0.497 e. The fourth-order valence-corrected chi connectivity index (χ4v) is 3.16. The second-order valence-electron chi connectivity index (χ2n) is 6.13. The molecule has 0 saturated heterocycles. The first-order valence-corrected chi connectivity index (χ1v) is 10.0. The molecule has 2 aromatic rings. The zero-order valence-corrected chi connectivity index (χ0v) is 17.1. The smallest absolute Gasteiger partial charge is 0.331 e.